The molecule has 21 heavy (non-hydrogen) atoms. The number of para-hydroxylation sites is 1. The second-order valence-corrected chi connectivity index (χ2v) is 4.92. The van der Waals surface area contributed by atoms with E-state index in [-0.39, 0.29) is 17.6 Å². The van der Waals surface area contributed by atoms with Crippen molar-refractivity contribution in [3.63, 3.8) is 0 Å². The number of anilines is 1. The van der Waals surface area contributed by atoms with Crippen molar-refractivity contribution in [1.29, 1.82) is 0 Å². The Morgan fingerprint density at radius 3 is 2.52 bits per heavy atom. The fraction of sp³-hybridized carbons (Fsp3) is 0.267. The number of carbonyl (C=O) groups is 1. The molecule has 0 aliphatic heterocycles. The molecule has 0 fully saturated rings. The Morgan fingerprint density at radius 1 is 1.24 bits per heavy atom. The summed E-state index contributed by atoms with van der Waals surface area (Å²) in [4.78, 5) is 19.9. The lowest BCUT2D eigenvalue weighted by Crippen LogP contribution is -2.17. The maximum absolute atomic E-state index is 11.7. The fourth-order valence-corrected chi connectivity index (χ4v) is 2.10. The SMILES string of the molecule is Cc1nc(N)nc(-c2ccccc2OC(C)C)c1C(N)=O. The van der Waals surface area contributed by atoms with Gasteiger partial charge in [-0.1, -0.05) is 12.1 Å². The molecule has 0 aliphatic carbocycles. The molecule has 1 amide bonds. The zero-order chi connectivity index (χ0) is 15.6. The summed E-state index contributed by atoms with van der Waals surface area (Å²) < 4.78 is 5.76. The van der Waals surface area contributed by atoms with Crippen molar-refractivity contribution in [2.24, 2.45) is 5.73 Å². The first-order valence-electron chi connectivity index (χ1n) is 6.60. The number of primary amides is 1. The van der Waals surface area contributed by atoms with Gasteiger partial charge in [0, 0.05) is 5.56 Å². The van der Waals surface area contributed by atoms with E-state index in [0.29, 0.717) is 22.7 Å². The van der Waals surface area contributed by atoms with Crippen molar-refractivity contribution in [1.82, 2.24) is 9.97 Å². The van der Waals surface area contributed by atoms with E-state index >= 15 is 0 Å². The van der Waals surface area contributed by atoms with E-state index in [0.717, 1.165) is 0 Å². The zero-order valence-electron chi connectivity index (χ0n) is 12.3. The van der Waals surface area contributed by atoms with Crippen molar-refractivity contribution in [3.05, 3.63) is 35.5 Å². The molecule has 6 nitrogen and oxygen atoms in total. The van der Waals surface area contributed by atoms with Crippen LogP contribution in [0.15, 0.2) is 24.3 Å². The van der Waals surface area contributed by atoms with Gasteiger partial charge in [0.05, 0.1) is 23.1 Å². The molecule has 0 saturated heterocycles. The Balaban J connectivity index is 2.70. The molecule has 0 unspecified atom stereocenters. The minimum Gasteiger partial charge on any atom is -0.490 e. The summed E-state index contributed by atoms with van der Waals surface area (Å²) in [5, 5.41) is 0. The molecule has 2 aromatic rings. The molecule has 1 heterocycles. The number of ether oxygens (including phenoxy) is 1. The molecule has 0 saturated carbocycles. The van der Waals surface area contributed by atoms with Gasteiger partial charge in [-0.05, 0) is 32.9 Å². The third kappa shape index (κ3) is 3.10. The van der Waals surface area contributed by atoms with Gasteiger partial charge >= 0.3 is 0 Å². The predicted molar refractivity (Wildman–Crippen MR) is 80.9 cm³/mol. The molecular weight excluding hydrogens is 268 g/mol. The summed E-state index contributed by atoms with van der Waals surface area (Å²) >= 11 is 0. The number of carbonyl (C=O) groups excluding carboxylic acids is 1. The Bertz CT molecular complexity index is 683. The van der Waals surface area contributed by atoms with Crippen LogP contribution in [-0.2, 0) is 0 Å². The number of hydrogen-bond donors (Lipinski definition) is 2. The number of rotatable bonds is 4. The molecule has 110 valence electrons. The van der Waals surface area contributed by atoms with Crippen LogP contribution in [0, 0.1) is 6.92 Å². The maximum atomic E-state index is 11.7. The van der Waals surface area contributed by atoms with E-state index in [9.17, 15) is 4.79 Å². The highest BCUT2D eigenvalue weighted by Crippen LogP contribution is 2.32. The summed E-state index contributed by atoms with van der Waals surface area (Å²) in [6.45, 7) is 5.52. The first-order chi connectivity index (χ1) is 9.90. The van der Waals surface area contributed by atoms with Crippen LogP contribution < -0.4 is 16.2 Å². The van der Waals surface area contributed by atoms with Crippen LogP contribution in [0.4, 0.5) is 5.95 Å². The monoisotopic (exact) mass is 286 g/mol. The van der Waals surface area contributed by atoms with Crippen LogP contribution in [-0.4, -0.2) is 22.0 Å². The third-order valence-electron chi connectivity index (χ3n) is 2.86. The number of aryl methyl sites for hydroxylation is 1. The topological polar surface area (TPSA) is 104 Å². The second kappa shape index (κ2) is 5.78. The molecule has 0 bridgehead atoms. The minimum atomic E-state index is -0.596. The van der Waals surface area contributed by atoms with Gasteiger partial charge in [-0.2, -0.15) is 0 Å². The van der Waals surface area contributed by atoms with Crippen LogP contribution >= 0.6 is 0 Å². The smallest absolute Gasteiger partial charge is 0.252 e. The van der Waals surface area contributed by atoms with Gasteiger partial charge in [0.2, 0.25) is 5.95 Å². The first kappa shape index (κ1) is 14.8. The van der Waals surface area contributed by atoms with Crippen LogP contribution in [0.25, 0.3) is 11.3 Å². The quantitative estimate of drug-likeness (QED) is 0.893. The molecule has 4 N–H and O–H groups in total. The van der Waals surface area contributed by atoms with Gasteiger partial charge in [-0.3, -0.25) is 4.79 Å². The Labute approximate surface area is 123 Å². The number of hydrogen-bond acceptors (Lipinski definition) is 5. The number of nitrogens with two attached hydrogens (primary N) is 2. The van der Waals surface area contributed by atoms with Crippen molar-refractivity contribution in [2.75, 3.05) is 5.73 Å². The Kier molecular flexibility index (Phi) is 4.07. The highest BCUT2D eigenvalue weighted by atomic mass is 16.5. The Hall–Kier alpha value is -2.63. The zero-order valence-corrected chi connectivity index (χ0v) is 12.3. The van der Waals surface area contributed by atoms with E-state index in [1.165, 1.54) is 0 Å². The number of benzene rings is 1. The molecule has 1 aromatic heterocycles. The molecular formula is C15H18N4O2. The lowest BCUT2D eigenvalue weighted by atomic mass is 10.0. The van der Waals surface area contributed by atoms with E-state index in [4.69, 9.17) is 16.2 Å². The van der Waals surface area contributed by atoms with Gasteiger partial charge in [0.1, 0.15) is 5.75 Å². The highest BCUT2D eigenvalue weighted by Gasteiger charge is 2.20. The summed E-state index contributed by atoms with van der Waals surface area (Å²) in [7, 11) is 0. The van der Waals surface area contributed by atoms with E-state index in [1.54, 1.807) is 6.92 Å². The lowest BCUT2D eigenvalue weighted by molar-refractivity contribution is 0.0999. The van der Waals surface area contributed by atoms with E-state index in [2.05, 4.69) is 9.97 Å². The molecule has 1 aromatic carbocycles. The van der Waals surface area contributed by atoms with Gasteiger partial charge in [0.15, 0.2) is 0 Å². The molecule has 0 radical (unpaired) electrons. The highest BCUT2D eigenvalue weighted by molar-refractivity contribution is 6.00. The maximum Gasteiger partial charge on any atom is 0.252 e. The van der Waals surface area contributed by atoms with Crippen LogP contribution in [0.3, 0.4) is 0 Å². The normalized spacial score (nSPS) is 10.7. The summed E-state index contributed by atoms with van der Waals surface area (Å²) in [5.41, 5.74) is 12.9. The van der Waals surface area contributed by atoms with E-state index < -0.39 is 5.91 Å². The van der Waals surface area contributed by atoms with Crippen molar-refractivity contribution in [2.45, 2.75) is 26.9 Å². The summed E-state index contributed by atoms with van der Waals surface area (Å²) in [6.07, 6.45) is -0.0107. The first-order valence-corrected chi connectivity index (χ1v) is 6.60. The summed E-state index contributed by atoms with van der Waals surface area (Å²) in [6, 6.07) is 7.31. The van der Waals surface area contributed by atoms with Crippen molar-refractivity contribution >= 4 is 11.9 Å². The lowest BCUT2D eigenvalue weighted by Gasteiger charge is -2.16. The number of nitrogen functional groups attached to an aromatic ring is 1. The molecule has 0 aliphatic rings. The largest absolute Gasteiger partial charge is 0.490 e. The van der Waals surface area contributed by atoms with Crippen LogP contribution in [0.2, 0.25) is 0 Å². The molecule has 2 rings (SSSR count). The summed E-state index contributed by atoms with van der Waals surface area (Å²) in [5.74, 6) is 0.112. The van der Waals surface area contributed by atoms with Crippen LogP contribution in [0.1, 0.15) is 29.9 Å². The number of amides is 1. The van der Waals surface area contributed by atoms with Crippen LogP contribution in [0.5, 0.6) is 5.75 Å². The number of nitrogens with zero attached hydrogens (tertiary/aromatic N) is 2. The van der Waals surface area contributed by atoms with Crippen molar-refractivity contribution in [3.8, 4) is 17.0 Å². The van der Waals surface area contributed by atoms with E-state index in [1.807, 2.05) is 38.1 Å². The second-order valence-electron chi connectivity index (χ2n) is 4.92. The Morgan fingerprint density at radius 2 is 1.90 bits per heavy atom. The fourth-order valence-electron chi connectivity index (χ4n) is 2.10. The molecule has 0 atom stereocenters. The number of aromatic nitrogens is 2. The minimum absolute atomic E-state index is 0.0107. The van der Waals surface area contributed by atoms with Gasteiger partial charge in [0.25, 0.3) is 5.91 Å². The van der Waals surface area contributed by atoms with Gasteiger partial charge in [-0.15, -0.1) is 0 Å². The third-order valence-corrected chi connectivity index (χ3v) is 2.86. The predicted octanol–water partition coefficient (Wildman–Crippen LogP) is 1.92. The average Bonchev–Trinajstić information content (AvgIpc) is 2.37. The molecule has 0 spiro atoms. The van der Waals surface area contributed by atoms with Gasteiger partial charge in [-0.25, -0.2) is 9.97 Å². The van der Waals surface area contributed by atoms with Gasteiger partial charge < -0.3 is 16.2 Å². The van der Waals surface area contributed by atoms with Crippen molar-refractivity contribution < 1.29 is 9.53 Å². The molecule has 6 heteroatoms. The standard InChI is InChI=1S/C15H18N4O2/c1-8(2)21-11-7-5-4-6-10(11)13-12(14(16)20)9(3)18-15(17)19-13/h4-8H,1-3H3,(H2,16,20)(H2,17,18,19). The average molecular weight is 286 g/mol.